The summed E-state index contributed by atoms with van der Waals surface area (Å²) in [5.41, 5.74) is 1.02. The van der Waals surface area contributed by atoms with Gasteiger partial charge in [0, 0.05) is 32.4 Å². The number of rotatable bonds is 3. The average Bonchev–Trinajstić information content (AvgIpc) is 3.11. The molecule has 1 saturated heterocycles. The molecule has 2 heterocycles. The standard InChI is InChI=1S/C19H18ClN3O3S2/c1-28(25,26)16-8-4-7-15-17(16)21-19(27-15)23-11-9-22(10-12-23)18(24)13-5-2-3-6-14(13)20/h2-8H,9-12H2,1H3. The van der Waals surface area contributed by atoms with E-state index in [1.165, 1.54) is 17.6 Å². The van der Waals surface area contributed by atoms with Crippen LogP contribution in [0.1, 0.15) is 10.4 Å². The van der Waals surface area contributed by atoms with Gasteiger partial charge in [0.25, 0.3) is 5.91 Å². The summed E-state index contributed by atoms with van der Waals surface area (Å²) < 4.78 is 24.9. The number of benzene rings is 2. The van der Waals surface area contributed by atoms with E-state index in [4.69, 9.17) is 11.6 Å². The van der Waals surface area contributed by atoms with E-state index < -0.39 is 9.84 Å². The zero-order valence-corrected chi connectivity index (χ0v) is 17.5. The molecule has 0 atom stereocenters. The minimum atomic E-state index is -3.34. The van der Waals surface area contributed by atoms with Crippen LogP contribution in [0.15, 0.2) is 47.4 Å². The molecule has 3 aromatic rings. The molecule has 0 unspecified atom stereocenters. The first-order valence-electron chi connectivity index (χ1n) is 8.73. The molecule has 0 spiro atoms. The minimum absolute atomic E-state index is 0.0751. The summed E-state index contributed by atoms with van der Waals surface area (Å²) in [5, 5.41) is 1.23. The van der Waals surface area contributed by atoms with Crippen LogP contribution in [0.3, 0.4) is 0 Å². The molecule has 9 heteroatoms. The van der Waals surface area contributed by atoms with E-state index in [0.717, 1.165) is 9.83 Å². The smallest absolute Gasteiger partial charge is 0.255 e. The Kier molecular flexibility index (Phi) is 5.03. The summed E-state index contributed by atoms with van der Waals surface area (Å²) in [7, 11) is -3.34. The summed E-state index contributed by atoms with van der Waals surface area (Å²) in [6, 6.07) is 12.2. The van der Waals surface area contributed by atoms with Crippen molar-refractivity contribution in [2.24, 2.45) is 0 Å². The molecule has 1 aliphatic heterocycles. The first-order chi connectivity index (χ1) is 13.3. The lowest BCUT2D eigenvalue weighted by molar-refractivity contribution is 0.0747. The highest BCUT2D eigenvalue weighted by molar-refractivity contribution is 7.91. The third-order valence-electron chi connectivity index (χ3n) is 4.71. The molecular formula is C19H18ClN3O3S2. The number of carbonyl (C=O) groups is 1. The fraction of sp³-hybridized carbons (Fsp3) is 0.263. The van der Waals surface area contributed by atoms with Gasteiger partial charge >= 0.3 is 0 Å². The van der Waals surface area contributed by atoms with Gasteiger partial charge in [0.2, 0.25) is 0 Å². The zero-order chi connectivity index (χ0) is 19.9. The Balaban J connectivity index is 1.53. The fourth-order valence-electron chi connectivity index (χ4n) is 3.25. The van der Waals surface area contributed by atoms with Gasteiger partial charge in [-0.15, -0.1) is 0 Å². The maximum atomic E-state index is 12.7. The monoisotopic (exact) mass is 435 g/mol. The molecule has 4 rings (SSSR count). The van der Waals surface area contributed by atoms with Crippen molar-refractivity contribution in [2.75, 3.05) is 37.3 Å². The van der Waals surface area contributed by atoms with Gasteiger partial charge in [-0.25, -0.2) is 13.4 Å². The Morgan fingerprint density at radius 2 is 1.79 bits per heavy atom. The van der Waals surface area contributed by atoms with Gasteiger partial charge < -0.3 is 9.80 Å². The third kappa shape index (κ3) is 3.59. The summed E-state index contributed by atoms with van der Waals surface area (Å²) in [6.07, 6.45) is 1.19. The maximum absolute atomic E-state index is 12.7. The van der Waals surface area contributed by atoms with E-state index in [2.05, 4.69) is 9.88 Å². The quantitative estimate of drug-likeness (QED) is 0.631. The van der Waals surface area contributed by atoms with E-state index >= 15 is 0 Å². The highest BCUT2D eigenvalue weighted by atomic mass is 35.5. The predicted octanol–water partition coefficient (Wildman–Crippen LogP) is 3.32. The molecule has 0 saturated carbocycles. The zero-order valence-electron chi connectivity index (χ0n) is 15.1. The molecule has 2 aromatic carbocycles. The van der Waals surface area contributed by atoms with Crippen LogP contribution < -0.4 is 4.90 Å². The van der Waals surface area contributed by atoms with E-state index in [1.54, 1.807) is 41.3 Å². The Morgan fingerprint density at radius 1 is 1.07 bits per heavy atom. The van der Waals surface area contributed by atoms with E-state index in [0.29, 0.717) is 42.3 Å². The third-order valence-corrected chi connectivity index (χ3v) is 7.25. The fourth-order valence-corrected chi connectivity index (χ4v) is 5.41. The lowest BCUT2D eigenvalue weighted by atomic mass is 10.2. The highest BCUT2D eigenvalue weighted by Crippen LogP contribution is 2.33. The summed E-state index contributed by atoms with van der Waals surface area (Å²) in [4.78, 5) is 21.4. The Bertz CT molecular complexity index is 1150. The van der Waals surface area contributed by atoms with Crippen LogP contribution in [0, 0.1) is 0 Å². The lowest BCUT2D eigenvalue weighted by Crippen LogP contribution is -2.48. The number of hydrogen-bond acceptors (Lipinski definition) is 6. The van der Waals surface area contributed by atoms with Crippen LogP contribution in [0.25, 0.3) is 10.2 Å². The second-order valence-corrected chi connectivity index (χ2v) is 10.0. The molecule has 1 amide bonds. The van der Waals surface area contributed by atoms with Crippen molar-refractivity contribution in [3.63, 3.8) is 0 Å². The van der Waals surface area contributed by atoms with Gasteiger partial charge in [0.15, 0.2) is 15.0 Å². The lowest BCUT2D eigenvalue weighted by Gasteiger charge is -2.34. The van der Waals surface area contributed by atoms with Crippen LogP contribution in [-0.4, -0.2) is 56.6 Å². The molecule has 0 radical (unpaired) electrons. The minimum Gasteiger partial charge on any atom is -0.345 e. The largest absolute Gasteiger partial charge is 0.345 e. The van der Waals surface area contributed by atoms with Crippen LogP contribution in [0.2, 0.25) is 5.02 Å². The second kappa shape index (κ2) is 7.35. The molecular weight excluding hydrogens is 418 g/mol. The molecule has 1 aliphatic rings. The van der Waals surface area contributed by atoms with Crippen molar-refractivity contribution in [1.29, 1.82) is 0 Å². The van der Waals surface area contributed by atoms with Gasteiger partial charge in [0.1, 0.15) is 5.52 Å². The number of para-hydroxylation sites is 1. The Labute approximate surface area is 172 Å². The number of fused-ring (bicyclic) bond motifs is 1. The molecule has 6 nitrogen and oxygen atoms in total. The number of hydrogen-bond donors (Lipinski definition) is 0. The molecule has 0 bridgehead atoms. The van der Waals surface area contributed by atoms with E-state index in [1.807, 2.05) is 6.07 Å². The van der Waals surface area contributed by atoms with Crippen LogP contribution in [0.4, 0.5) is 5.13 Å². The van der Waals surface area contributed by atoms with Crippen LogP contribution in [0.5, 0.6) is 0 Å². The first kappa shape index (κ1) is 19.2. The number of anilines is 1. The maximum Gasteiger partial charge on any atom is 0.255 e. The summed E-state index contributed by atoms with van der Waals surface area (Å²) in [6.45, 7) is 2.37. The van der Waals surface area contributed by atoms with Gasteiger partial charge in [0.05, 0.1) is 20.2 Å². The van der Waals surface area contributed by atoms with Crippen molar-refractivity contribution in [3.05, 3.63) is 53.1 Å². The molecule has 0 aliphatic carbocycles. The van der Waals surface area contributed by atoms with Crippen molar-refractivity contribution >= 4 is 54.0 Å². The summed E-state index contributed by atoms with van der Waals surface area (Å²) >= 11 is 7.61. The van der Waals surface area contributed by atoms with Gasteiger partial charge in [-0.05, 0) is 24.3 Å². The average molecular weight is 436 g/mol. The SMILES string of the molecule is CS(=O)(=O)c1cccc2sc(N3CCN(C(=O)c4ccccc4Cl)CC3)nc12. The number of halogens is 1. The van der Waals surface area contributed by atoms with Crippen LogP contribution >= 0.6 is 22.9 Å². The van der Waals surface area contributed by atoms with Crippen molar-refractivity contribution in [2.45, 2.75) is 4.90 Å². The number of amides is 1. The Morgan fingerprint density at radius 3 is 2.46 bits per heavy atom. The highest BCUT2D eigenvalue weighted by Gasteiger charge is 2.25. The van der Waals surface area contributed by atoms with Crippen LogP contribution in [-0.2, 0) is 9.84 Å². The predicted molar refractivity (Wildman–Crippen MR) is 112 cm³/mol. The number of sulfone groups is 1. The topological polar surface area (TPSA) is 70.6 Å². The first-order valence-corrected chi connectivity index (χ1v) is 11.8. The van der Waals surface area contributed by atoms with Crippen molar-refractivity contribution in [1.82, 2.24) is 9.88 Å². The molecule has 146 valence electrons. The normalized spacial score (nSPS) is 15.2. The number of thiazole rings is 1. The number of piperazine rings is 1. The van der Waals surface area contributed by atoms with E-state index in [-0.39, 0.29) is 10.8 Å². The van der Waals surface area contributed by atoms with Gasteiger partial charge in [-0.2, -0.15) is 0 Å². The Hall–Kier alpha value is -2.16. The summed E-state index contributed by atoms with van der Waals surface area (Å²) in [5.74, 6) is -0.0751. The van der Waals surface area contributed by atoms with E-state index in [9.17, 15) is 13.2 Å². The molecule has 1 fully saturated rings. The number of carbonyl (C=O) groups excluding carboxylic acids is 1. The number of aromatic nitrogens is 1. The van der Waals surface area contributed by atoms with Gasteiger partial charge in [-0.3, -0.25) is 4.79 Å². The van der Waals surface area contributed by atoms with Gasteiger partial charge in [-0.1, -0.05) is 41.1 Å². The van der Waals surface area contributed by atoms with Crippen molar-refractivity contribution in [3.8, 4) is 0 Å². The number of nitrogens with zero attached hydrogens (tertiary/aromatic N) is 3. The van der Waals surface area contributed by atoms with Crippen molar-refractivity contribution < 1.29 is 13.2 Å². The second-order valence-electron chi connectivity index (χ2n) is 6.63. The molecule has 1 aromatic heterocycles. The molecule has 0 N–H and O–H groups in total. The molecule has 28 heavy (non-hydrogen) atoms.